The van der Waals surface area contributed by atoms with Crippen LogP contribution in [0.1, 0.15) is 21.5 Å². The van der Waals surface area contributed by atoms with Crippen LogP contribution in [0.5, 0.6) is 5.75 Å². The van der Waals surface area contributed by atoms with Crippen LogP contribution in [-0.2, 0) is 6.16 Å². The summed E-state index contributed by atoms with van der Waals surface area (Å²) in [6, 6.07) is 8.43. The van der Waals surface area contributed by atoms with E-state index in [2.05, 4.69) is 4.74 Å². The number of carbonyl (C=O) groups excluding carboxylic acids is 1. The highest BCUT2D eigenvalue weighted by molar-refractivity contribution is 7.44. The van der Waals surface area contributed by atoms with Gasteiger partial charge in [0.15, 0.2) is 8.38 Å². The minimum atomic E-state index is -2.39. The Kier molecular flexibility index (Phi) is 5.99. The zero-order chi connectivity index (χ0) is 22.2. The standard InChI is InChI=1S/C19H9F5NO4P/c20-13-14(21)16(23)18(17(24)15(13)22)29-19(26)9-1-2-12-10(5-9)3-8(7-30(27)28)4-11(12)6-25/h1-5,27-28H,7H2. The van der Waals surface area contributed by atoms with Gasteiger partial charge in [-0.1, -0.05) is 12.1 Å². The molecule has 3 rings (SSSR count). The van der Waals surface area contributed by atoms with E-state index in [4.69, 9.17) is 9.79 Å². The van der Waals surface area contributed by atoms with E-state index in [9.17, 15) is 32.0 Å². The van der Waals surface area contributed by atoms with Gasteiger partial charge >= 0.3 is 5.97 Å². The second kappa shape index (κ2) is 8.32. The molecule has 5 nitrogen and oxygen atoms in total. The van der Waals surface area contributed by atoms with E-state index in [0.29, 0.717) is 10.9 Å². The molecule has 0 atom stereocenters. The van der Waals surface area contributed by atoms with Crippen LogP contribution in [0.4, 0.5) is 22.0 Å². The lowest BCUT2D eigenvalue weighted by atomic mass is 10.00. The molecule has 0 saturated carbocycles. The van der Waals surface area contributed by atoms with Gasteiger partial charge in [-0.3, -0.25) is 0 Å². The summed E-state index contributed by atoms with van der Waals surface area (Å²) in [6.45, 7) is 0. The van der Waals surface area contributed by atoms with E-state index < -0.39 is 49.2 Å². The summed E-state index contributed by atoms with van der Waals surface area (Å²) in [4.78, 5) is 30.6. The zero-order valence-electron chi connectivity index (χ0n) is 14.6. The van der Waals surface area contributed by atoms with Crippen molar-refractivity contribution < 1.29 is 41.3 Å². The molecule has 0 bridgehead atoms. The number of nitrogens with zero attached hydrogens (tertiary/aromatic N) is 1. The maximum absolute atomic E-state index is 13.7. The van der Waals surface area contributed by atoms with E-state index >= 15 is 0 Å². The molecular weight excluding hydrogens is 432 g/mol. The average Bonchev–Trinajstić information content (AvgIpc) is 2.72. The number of benzene rings is 3. The fraction of sp³-hybridized carbons (Fsp3) is 0.0526. The Morgan fingerprint density at radius 2 is 1.57 bits per heavy atom. The van der Waals surface area contributed by atoms with Crippen LogP contribution in [0.25, 0.3) is 10.8 Å². The summed E-state index contributed by atoms with van der Waals surface area (Å²) in [5, 5.41) is 9.93. The number of halogens is 5. The number of esters is 1. The van der Waals surface area contributed by atoms with Gasteiger partial charge in [0.2, 0.25) is 34.8 Å². The molecule has 0 radical (unpaired) electrons. The Bertz CT molecular complexity index is 1200. The highest BCUT2D eigenvalue weighted by Gasteiger charge is 2.29. The van der Waals surface area contributed by atoms with Crippen molar-refractivity contribution in [3.05, 3.63) is 76.1 Å². The van der Waals surface area contributed by atoms with Gasteiger partial charge in [0.05, 0.1) is 17.2 Å². The summed E-state index contributed by atoms with van der Waals surface area (Å²) < 4.78 is 71.5. The van der Waals surface area contributed by atoms with Crippen LogP contribution in [0.3, 0.4) is 0 Å². The van der Waals surface area contributed by atoms with Gasteiger partial charge in [0, 0.05) is 6.16 Å². The molecule has 30 heavy (non-hydrogen) atoms. The van der Waals surface area contributed by atoms with Crippen LogP contribution in [0.2, 0.25) is 0 Å². The van der Waals surface area contributed by atoms with Gasteiger partial charge in [-0.15, -0.1) is 0 Å². The first-order valence-electron chi connectivity index (χ1n) is 7.99. The lowest BCUT2D eigenvalue weighted by molar-refractivity contribution is 0.0716. The number of rotatable bonds is 4. The van der Waals surface area contributed by atoms with Crippen LogP contribution in [0, 0.1) is 40.4 Å². The van der Waals surface area contributed by atoms with Gasteiger partial charge < -0.3 is 14.5 Å². The quantitative estimate of drug-likeness (QED) is 0.156. The minimum Gasteiger partial charge on any atom is -0.416 e. The fourth-order valence-corrected chi connectivity index (χ4v) is 3.24. The highest BCUT2D eigenvalue weighted by atomic mass is 31.2. The SMILES string of the molecule is N#Cc1cc(CP(O)O)cc2cc(C(=O)Oc3c(F)c(F)c(F)c(F)c3F)ccc12. The second-order valence-electron chi connectivity index (χ2n) is 6.01. The van der Waals surface area contributed by atoms with E-state index in [1.165, 1.54) is 24.3 Å². The van der Waals surface area contributed by atoms with Crippen LogP contribution >= 0.6 is 8.38 Å². The van der Waals surface area contributed by atoms with Crippen molar-refractivity contribution in [1.82, 2.24) is 0 Å². The summed E-state index contributed by atoms with van der Waals surface area (Å²) in [7, 11) is -2.31. The Labute approximate surface area is 166 Å². The van der Waals surface area contributed by atoms with Crippen LogP contribution in [-0.4, -0.2) is 15.8 Å². The number of nitriles is 1. The third-order valence-corrected chi connectivity index (χ3v) is 4.70. The summed E-state index contributed by atoms with van der Waals surface area (Å²) in [5.41, 5.74) is 0.238. The number of ether oxygens (including phenoxy) is 1. The maximum atomic E-state index is 13.7. The zero-order valence-corrected chi connectivity index (χ0v) is 15.5. The van der Waals surface area contributed by atoms with Crippen molar-refractivity contribution in [2.24, 2.45) is 0 Å². The van der Waals surface area contributed by atoms with Crippen molar-refractivity contribution in [3.63, 3.8) is 0 Å². The van der Waals surface area contributed by atoms with Crippen molar-refractivity contribution in [2.45, 2.75) is 6.16 Å². The summed E-state index contributed by atoms with van der Waals surface area (Å²) in [6.07, 6.45) is -0.154. The molecule has 2 N–H and O–H groups in total. The van der Waals surface area contributed by atoms with Gasteiger partial charge in [-0.05, 0) is 34.5 Å². The Balaban J connectivity index is 2.03. The maximum Gasteiger partial charge on any atom is 0.343 e. The fourth-order valence-electron chi connectivity index (χ4n) is 2.73. The van der Waals surface area contributed by atoms with E-state index in [1.54, 1.807) is 0 Å². The molecule has 0 spiro atoms. The molecule has 0 unspecified atom stereocenters. The van der Waals surface area contributed by atoms with Gasteiger partial charge in [0.25, 0.3) is 0 Å². The van der Waals surface area contributed by atoms with E-state index in [-0.39, 0.29) is 22.7 Å². The monoisotopic (exact) mass is 441 g/mol. The second-order valence-corrected chi connectivity index (χ2v) is 7.07. The van der Waals surface area contributed by atoms with Crippen molar-refractivity contribution in [2.75, 3.05) is 0 Å². The van der Waals surface area contributed by atoms with Crippen molar-refractivity contribution >= 4 is 25.1 Å². The molecule has 154 valence electrons. The van der Waals surface area contributed by atoms with Crippen LogP contribution < -0.4 is 4.74 Å². The molecule has 0 aliphatic rings. The third-order valence-electron chi connectivity index (χ3n) is 4.06. The molecule has 0 heterocycles. The predicted molar refractivity (Wildman–Crippen MR) is 94.9 cm³/mol. The molecule has 0 saturated heterocycles. The Morgan fingerprint density at radius 1 is 0.967 bits per heavy atom. The van der Waals surface area contributed by atoms with E-state index in [0.717, 1.165) is 6.07 Å². The summed E-state index contributed by atoms with van der Waals surface area (Å²) in [5.74, 6) is -14.7. The minimum absolute atomic E-state index is 0.154. The number of fused-ring (bicyclic) bond motifs is 1. The number of hydrogen-bond donors (Lipinski definition) is 2. The first-order valence-corrected chi connectivity index (χ1v) is 9.43. The largest absolute Gasteiger partial charge is 0.416 e. The number of carbonyl (C=O) groups is 1. The first-order chi connectivity index (χ1) is 14.1. The third kappa shape index (κ3) is 3.96. The molecular formula is C19H9F5NO4P. The molecule has 0 aliphatic carbocycles. The van der Waals surface area contributed by atoms with E-state index in [1.807, 2.05) is 6.07 Å². The van der Waals surface area contributed by atoms with Gasteiger partial charge in [0.1, 0.15) is 0 Å². The van der Waals surface area contributed by atoms with Crippen molar-refractivity contribution in [3.8, 4) is 11.8 Å². The number of hydrogen-bond acceptors (Lipinski definition) is 5. The Hall–Kier alpha value is -3.12. The normalized spacial score (nSPS) is 11.0. The topological polar surface area (TPSA) is 90.5 Å². The lowest BCUT2D eigenvalue weighted by Crippen LogP contribution is -2.13. The lowest BCUT2D eigenvalue weighted by Gasteiger charge is -2.10. The van der Waals surface area contributed by atoms with Gasteiger partial charge in [-0.2, -0.15) is 14.0 Å². The molecule has 0 amide bonds. The molecule has 11 heteroatoms. The highest BCUT2D eigenvalue weighted by Crippen LogP contribution is 2.33. The predicted octanol–water partition coefficient (Wildman–Crippen LogP) is 4.42. The average molecular weight is 441 g/mol. The molecule has 0 fully saturated rings. The van der Waals surface area contributed by atoms with Gasteiger partial charge in [-0.25, -0.2) is 18.0 Å². The molecule has 0 aromatic heterocycles. The molecule has 3 aromatic rings. The van der Waals surface area contributed by atoms with Crippen LogP contribution in [0.15, 0.2) is 30.3 Å². The van der Waals surface area contributed by atoms with Crippen molar-refractivity contribution in [1.29, 1.82) is 5.26 Å². The Morgan fingerprint density at radius 3 is 2.13 bits per heavy atom. The summed E-state index contributed by atoms with van der Waals surface area (Å²) >= 11 is 0. The smallest absolute Gasteiger partial charge is 0.343 e. The molecule has 0 aliphatic heterocycles. The first kappa shape index (κ1) is 21.6. The molecule has 3 aromatic carbocycles.